The number of benzene rings is 1. The van der Waals surface area contributed by atoms with Gasteiger partial charge in [0.2, 0.25) is 0 Å². The summed E-state index contributed by atoms with van der Waals surface area (Å²) in [4.78, 5) is 16.5. The minimum atomic E-state index is -0.306. The molecule has 25 heavy (non-hydrogen) atoms. The third kappa shape index (κ3) is 3.94. The Morgan fingerprint density at radius 2 is 1.80 bits per heavy atom. The van der Waals surface area contributed by atoms with Crippen LogP contribution in [-0.2, 0) is 5.41 Å². The number of anilines is 1. The Morgan fingerprint density at radius 3 is 2.44 bits per heavy atom. The summed E-state index contributed by atoms with van der Waals surface area (Å²) >= 11 is 0. The Kier molecular flexibility index (Phi) is 4.40. The summed E-state index contributed by atoms with van der Waals surface area (Å²) in [6.45, 7) is 8.40. The van der Waals surface area contributed by atoms with Crippen molar-refractivity contribution in [3.63, 3.8) is 0 Å². The largest absolute Gasteiger partial charge is 0.355 e. The molecule has 0 radical (unpaired) electrons. The lowest BCUT2D eigenvalue weighted by Crippen LogP contribution is -2.13. The van der Waals surface area contributed by atoms with Gasteiger partial charge in [-0.2, -0.15) is 0 Å². The Balaban J connectivity index is 1.74. The van der Waals surface area contributed by atoms with Crippen LogP contribution in [0.3, 0.4) is 0 Å². The second kappa shape index (κ2) is 6.51. The lowest BCUT2D eigenvalue weighted by molar-refractivity contribution is 0.101. The minimum absolute atomic E-state index is 0.0748. The third-order valence-corrected chi connectivity index (χ3v) is 3.91. The topological polar surface area (TPSA) is 68.0 Å². The molecule has 5 heteroatoms. The van der Waals surface area contributed by atoms with Crippen molar-refractivity contribution in [1.82, 2.24) is 10.1 Å². The van der Waals surface area contributed by atoms with Gasteiger partial charge in [-0.3, -0.25) is 9.78 Å². The highest BCUT2D eigenvalue weighted by atomic mass is 16.5. The Labute approximate surface area is 147 Å². The summed E-state index contributed by atoms with van der Waals surface area (Å²) in [7, 11) is 0. The van der Waals surface area contributed by atoms with Gasteiger partial charge < -0.3 is 9.84 Å². The summed E-state index contributed by atoms with van der Waals surface area (Å²) in [5.74, 6) is 0.212. The second-order valence-electron chi connectivity index (χ2n) is 7.11. The van der Waals surface area contributed by atoms with Crippen LogP contribution < -0.4 is 5.32 Å². The second-order valence-corrected chi connectivity index (χ2v) is 7.11. The molecule has 0 spiro atoms. The molecule has 0 atom stereocenters. The molecular weight excluding hydrogens is 314 g/mol. The minimum Gasteiger partial charge on any atom is -0.355 e. The fourth-order valence-electron chi connectivity index (χ4n) is 2.46. The van der Waals surface area contributed by atoms with E-state index in [1.54, 1.807) is 18.5 Å². The molecule has 0 aliphatic heterocycles. The first kappa shape index (κ1) is 16.9. The van der Waals surface area contributed by atoms with Crippen molar-refractivity contribution in [2.45, 2.75) is 33.1 Å². The molecule has 0 saturated heterocycles. The van der Waals surface area contributed by atoms with Crippen molar-refractivity contribution in [2.24, 2.45) is 0 Å². The van der Waals surface area contributed by atoms with E-state index < -0.39 is 0 Å². The normalized spacial score (nSPS) is 11.4. The van der Waals surface area contributed by atoms with Crippen LogP contribution in [0.2, 0.25) is 0 Å². The molecule has 1 aromatic carbocycles. The predicted molar refractivity (Wildman–Crippen MR) is 97.6 cm³/mol. The van der Waals surface area contributed by atoms with Crippen molar-refractivity contribution in [3.8, 4) is 11.3 Å². The smallest absolute Gasteiger partial charge is 0.277 e. The van der Waals surface area contributed by atoms with Crippen LogP contribution >= 0.6 is 0 Å². The highest BCUT2D eigenvalue weighted by Crippen LogP contribution is 2.24. The maximum atomic E-state index is 12.4. The molecule has 1 amide bonds. The number of carbonyl (C=O) groups is 1. The average molecular weight is 335 g/mol. The predicted octanol–water partition coefficient (Wildman–Crippen LogP) is 4.59. The molecule has 128 valence electrons. The number of hydrogen-bond donors (Lipinski definition) is 1. The first-order chi connectivity index (χ1) is 11.8. The Morgan fingerprint density at radius 1 is 1.08 bits per heavy atom. The number of aryl methyl sites for hydroxylation is 1. The molecule has 3 rings (SSSR count). The molecule has 0 aliphatic carbocycles. The molecule has 3 aromatic rings. The van der Waals surface area contributed by atoms with Crippen LogP contribution in [0.4, 0.5) is 5.69 Å². The van der Waals surface area contributed by atoms with Crippen molar-refractivity contribution < 1.29 is 9.32 Å². The molecule has 1 N–H and O–H groups in total. The summed E-state index contributed by atoms with van der Waals surface area (Å²) in [6, 6.07) is 11.4. The third-order valence-electron chi connectivity index (χ3n) is 3.91. The quantitative estimate of drug-likeness (QED) is 0.760. The van der Waals surface area contributed by atoms with Crippen LogP contribution in [0, 0.1) is 6.92 Å². The van der Waals surface area contributed by atoms with Gasteiger partial charge in [0, 0.05) is 29.7 Å². The van der Waals surface area contributed by atoms with E-state index in [0.717, 1.165) is 16.8 Å². The van der Waals surface area contributed by atoms with Crippen molar-refractivity contribution in [3.05, 3.63) is 65.6 Å². The first-order valence-electron chi connectivity index (χ1n) is 8.13. The van der Waals surface area contributed by atoms with E-state index in [-0.39, 0.29) is 17.0 Å². The summed E-state index contributed by atoms with van der Waals surface area (Å²) in [6.07, 6.45) is 3.44. The maximum absolute atomic E-state index is 12.4. The zero-order chi connectivity index (χ0) is 18.0. The zero-order valence-electron chi connectivity index (χ0n) is 14.8. The summed E-state index contributed by atoms with van der Waals surface area (Å²) in [5, 5.41) is 6.70. The summed E-state index contributed by atoms with van der Waals surface area (Å²) < 4.78 is 5.28. The van der Waals surface area contributed by atoms with Gasteiger partial charge >= 0.3 is 0 Å². The van der Waals surface area contributed by atoms with E-state index in [1.165, 1.54) is 5.56 Å². The first-order valence-corrected chi connectivity index (χ1v) is 8.13. The van der Waals surface area contributed by atoms with E-state index in [4.69, 9.17) is 4.52 Å². The monoisotopic (exact) mass is 335 g/mol. The molecule has 0 saturated carbocycles. The number of amides is 1. The fraction of sp³-hybridized carbons (Fsp3) is 0.250. The number of rotatable bonds is 3. The van der Waals surface area contributed by atoms with Gasteiger partial charge in [0.15, 0.2) is 11.5 Å². The standard InChI is InChI=1S/C20H21N3O2/c1-13-9-14(12-21-11-13)18-10-17(23-25-18)19(24)22-16-7-5-15(6-8-16)20(2,3)4/h5-12H,1-4H3,(H,22,24). The van der Waals surface area contributed by atoms with Gasteiger partial charge in [0.1, 0.15) is 0 Å². The van der Waals surface area contributed by atoms with Crippen LogP contribution in [-0.4, -0.2) is 16.0 Å². The number of pyridine rings is 1. The van der Waals surface area contributed by atoms with E-state index in [1.807, 2.05) is 37.3 Å². The SMILES string of the molecule is Cc1cncc(-c2cc(C(=O)Nc3ccc(C(C)(C)C)cc3)no2)c1. The van der Waals surface area contributed by atoms with Crippen molar-refractivity contribution in [1.29, 1.82) is 0 Å². The number of nitrogens with zero attached hydrogens (tertiary/aromatic N) is 2. The number of nitrogens with one attached hydrogen (secondary N) is 1. The van der Waals surface area contributed by atoms with Crippen LogP contribution in [0.25, 0.3) is 11.3 Å². The molecular formula is C20H21N3O2. The van der Waals surface area contributed by atoms with Gasteiger partial charge in [-0.1, -0.05) is 38.1 Å². The van der Waals surface area contributed by atoms with Gasteiger partial charge in [-0.05, 0) is 41.7 Å². The molecule has 5 nitrogen and oxygen atoms in total. The molecule has 0 fully saturated rings. The van der Waals surface area contributed by atoms with Gasteiger partial charge in [-0.25, -0.2) is 0 Å². The molecule has 0 unspecified atom stereocenters. The zero-order valence-corrected chi connectivity index (χ0v) is 14.8. The van der Waals surface area contributed by atoms with Crippen LogP contribution in [0.15, 0.2) is 53.3 Å². The lowest BCUT2D eigenvalue weighted by atomic mass is 9.87. The highest BCUT2D eigenvalue weighted by Gasteiger charge is 2.16. The van der Waals surface area contributed by atoms with Gasteiger partial charge in [-0.15, -0.1) is 0 Å². The van der Waals surface area contributed by atoms with Crippen LogP contribution in [0.5, 0.6) is 0 Å². The molecule has 0 aliphatic rings. The lowest BCUT2D eigenvalue weighted by Gasteiger charge is -2.19. The van der Waals surface area contributed by atoms with Crippen molar-refractivity contribution in [2.75, 3.05) is 5.32 Å². The number of hydrogen-bond acceptors (Lipinski definition) is 4. The van der Waals surface area contributed by atoms with Crippen molar-refractivity contribution >= 4 is 11.6 Å². The fourth-order valence-corrected chi connectivity index (χ4v) is 2.46. The van der Waals surface area contributed by atoms with E-state index >= 15 is 0 Å². The van der Waals surface area contributed by atoms with E-state index in [0.29, 0.717) is 5.76 Å². The number of carbonyl (C=O) groups excluding carboxylic acids is 1. The van der Waals surface area contributed by atoms with E-state index in [2.05, 4.69) is 36.2 Å². The van der Waals surface area contributed by atoms with Gasteiger partial charge in [0.05, 0.1) is 0 Å². The van der Waals surface area contributed by atoms with Crippen LogP contribution in [0.1, 0.15) is 42.4 Å². The average Bonchev–Trinajstić information content (AvgIpc) is 3.05. The maximum Gasteiger partial charge on any atom is 0.277 e. The molecule has 2 aromatic heterocycles. The Bertz CT molecular complexity index is 890. The van der Waals surface area contributed by atoms with E-state index in [9.17, 15) is 4.79 Å². The molecule has 0 bridgehead atoms. The molecule has 2 heterocycles. The van der Waals surface area contributed by atoms with Gasteiger partial charge in [0.25, 0.3) is 5.91 Å². The highest BCUT2D eigenvalue weighted by molar-refractivity contribution is 6.03. The Hall–Kier alpha value is -2.95. The summed E-state index contributed by atoms with van der Waals surface area (Å²) in [5.41, 5.74) is 4.04. The number of aromatic nitrogens is 2.